The smallest absolute Gasteiger partial charge is 0.274 e. The summed E-state index contributed by atoms with van der Waals surface area (Å²) < 4.78 is 0. The largest absolute Gasteiger partial charge is 0.322 e. The fourth-order valence-corrected chi connectivity index (χ4v) is 2.51. The number of halogens is 2. The molecule has 26 heavy (non-hydrogen) atoms. The third-order valence-electron chi connectivity index (χ3n) is 3.44. The molecule has 2 aromatic carbocycles. The van der Waals surface area contributed by atoms with Gasteiger partial charge in [-0.2, -0.15) is 0 Å². The first kappa shape index (κ1) is 17.9. The Labute approximate surface area is 160 Å². The minimum atomic E-state index is -0.426. The predicted octanol–water partition coefficient (Wildman–Crippen LogP) is 4.89. The maximum atomic E-state index is 12.4. The van der Waals surface area contributed by atoms with Gasteiger partial charge in [0, 0.05) is 33.2 Å². The van der Waals surface area contributed by atoms with Crippen LogP contribution < -0.4 is 10.6 Å². The van der Waals surface area contributed by atoms with Crippen LogP contribution in [0.1, 0.15) is 20.8 Å². The zero-order valence-corrected chi connectivity index (χ0v) is 14.9. The van der Waals surface area contributed by atoms with Crippen LogP contribution in [0.2, 0.25) is 10.0 Å². The van der Waals surface area contributed by atoms with E-state index in [2.05, 4.69) is 15.6 Å². The number of pyridine rings is 1. The van der Waals surface area contributed by atoms with E-state index in [9.17, 15) is 9.59 Å². The molecule has 0 saturated carbocycles. The summed E-state index contributed by atoms with van der Waals surface area (Å²) in [5, 5.41) is 6.51. The molecule has 0 atom stereocenters. The summed E-state index contributed by atoms with van der Waals surface area (Å²) in [5.41, 5.74) is 1.57. The Morgan fingerprint density at radius 1 is 0.769 bits per heavy atom. The molecule has 0 aliphatic heterocycles. The van der Waals surface area contributed by atoms with Crippen molar-refractivity contribution in [2.24, 2.45) is 0 Å². The zero-order valence-electron chi connectivity index (χ0n) is 13.4. The van der Waals surface area contributed by atoms with E-state index in [0.717, 1.165) is 0 Å². The summed E-state index contributed by atoms with van der Waals surface area (Å²) in [6.07, 6.45) is 1.41. The quantitative estimate of drug-likeness (QED) is 0.671. The van der Waals surface area contributed by atoms with E-state index in [4.69, 9.17) is 23.2 Å². The lowest BCUT2D eigenvalue weighted by Crippen LogP contribution is -2.17. The molecule has 0 fully saturated rings. The second-order valence-electron chi connectivity index (χ2n) is 5.36. The van der Waals surface area contributed by atoms with E-state index >= 15 is 0 Å². The molecule has 1 heterocycles. The summed E-state index contributed by atoms with van der Waals surface area (Å²) in [7, 11) is 0. The number of hydrogen-bond acceptors (Lipinski definition) is 3. The number of hydrogen-bond donors (Lipinski definition) is 2. The molecule has 5 nitrogen and oxygen atoms in total. The third kappa shape index (κ3) is 4.59. The van der Waals surface area contributed by atoms with Gasteiger partial charge >= 0.3 is 0 Å². The minimum Gasteiger partial charge on any atom is -0.322 e. The molecule has 0 radical (unpaired) electrons. The summed E-state index contributed by atoms with van der Waals surface area (Å²) in [6, 6.07) is 16.4. The number of amides is 2. The van der Waals surface area contributed by atoms with Gasteiger partial charge in [-0.1, -0.05) is 29.3 Å². The number of benzene rings is 2. The van der Waals surface area contributed by atoms with Crippen LogP contribution in [0, 0.1) is 0 Å². The van der Waals surface area contributed by atoms with E-state index < -0.39 is 5.91 Å². The number of carbonyl (C=O) groups excluding carboxylic acids is 2. The predicted molar refractivity (Wildman–Crippen MR) is 103 cm³/mol. The highest BCUT2D eigenvalue weighted by Crippen LogP contribution is 2.17. The molecule has 1 aromatic heterocycles. The average Bonchev–Trinajstić information content (AvgIpc) is 2.64. The van der Waals surface area contributed by atoms with Crippen molar-refractivity contribution < 1.29 is 9.59 Å². The van der Waals surface area contributed by atoms with Crippen molar-refractivity contribution in [1.82, 2.24) is 4.98 Å². The number of rotatable bonds is 4. The molecule has 0 unspecified atom stereocenters. The Morgan fingerprint density at radius 2 is 1.50 bits per heavy atom. The van der Waals surface area contributed by atoms with E-state index in [1.165, 1.54) is 18.3 Å². The van der Waals surface area contributed by atoms with Crippen LogP contribution in [0.5, 0.6) is 0 Å². The van der Waals surface area contributed by atoms with E-state index in [1.807, 2.05) is 0 Å². The second kappa shape index (κ2) is 7.99. The number of carbonyl (C=O) groups is 2. The molecule has 130 valence electrons. The third-order valence-corrected chi connectivity index (χ3v) is 3.93. The van der Waals surface area contributed by atoms with Gasteiger partial charge < -0.3 is 10.6 Å². The van der Waals surface area contributed by atoms with E-state index in [1.54, 1.807) is 48.5 Å². The Morgan fingerprint density at radius 3 is 2.23 bits per heavy atom. The first-order chi connectivity index (χ1) is 12.5. The highest BCUT2D eigenvalue weighted by Gasteiger charge is 2.12. The second-order valence-corrected chi connectivity index (χ2v) is 6.23. The van der Waals surface area contributed by atoms with E-state index in [0.29, 0.717) is 27.0 Å². The molecule has 0 bridgehead atoms. The summed E-state index contributed by atoms with van der Waals surface area (Å²) >= 11 is 11.7. The first-order valence-corrected chi connectivity index (χ1v) is 8.37. The van der Waals surface area contributed by atoms with Crippen molar-refractivity contribution >= 4 is 46.4 Å². The lowest BCUT2D eigenvalue weighted by molar-refractivity contribution is 0.102. The van der Waals surface area contributed by atoms with E-state index in [-0.39, 0.29) is 11.6 Å². The van der Waals surface area contributed by atoms with Gasteiger partial charge in [-0.3, -0.25) is 14.6 Å². The topological polar surface area (TPSA) is 71.1 Å². The van der Waals surface area contributed by atoms with Gasteiger partial charge in [0.2, 0.25) is 0 Å². The molecule has 0 aliphatic carbocycles. The van der Waals surface area contributed by atoms with Crippen LogP contribution in [0.25, 0.3) is 0 Å². The number of nitrogens with one attached hydrogen (secondary N) is 2. The van der Waals surface area contributed by atoms with Crippen molar-refractivity contribution in [2.45, 2.75) is 0 Å². The van der Waals surface area contributed by atoms with Gasteiger partial charge in [-0.05, 0) is 54.6 Å². The number of anilines is 2. The molecular weight excluding hydrogens is 373 g/mol. The summed E-state index contributed by atoms with van der Waals surface area (Å²) in [5.74, 6) is -0.792. The fraction of sp³-hybridized carbons (Fsp3) is 0. The molecule has 0 aliphatic rings. The normalized spacial score (nSPS) is 10.2. The number of aromatic nitrogens is 1. The maximum Gasteiger partial charge on any atom is 0.274 e. The van der Waals surface area contributed by atoms with Crippen molar-refractivity contribution in [3.8, 4) is 0 Å². The molecule has 0 saturated heterocycles. The molecule has 3 rings (SSSR count). The Hall–Kier alpha value is -2.89. The molecule has 3 aromatic rings. The minimum absolute atomic E-state index is 0.124. The molecule has 2 N–H and O–H groups in total. The summed E-state index contributed by atoms with van der Waals surface area (Å²) in [4.78, 5) is 28.7. The highest BCUT2D eigenvalue weighted by molar-refractivity contribution is 6.31. The zero-order chi connectivity index (χ0) is 18.5. The first-order valence-electron chi connectivity index (χ1n) is 7.61. The maximum absolute atomic E-state index is 12.4. The van der Waals surface area contributed by atoms with Gasteiger partial charge in [0.25, 0.3) is 11.8 Å². The van der Waals surface area contributed by atoms with Crippen molar-refractivity contribution in [3.05, 3.63) is 88.2 Å². The fourth-order valence-electron chi connectivity index (χ4n) is 2.19. The lowest BCUT2D eigenvalue weighted by Gasteiger charge is -2.08. The Bertz CT molecular complexity index is 959. The van der Waals surface area contributed by atoms with Gasteiger partial charge in [-0.15, -0.1) is 0 Å². The van der Waals surface area contributed by atoms with Crippen LogP contribution in [0.4, 0.5) is 11.4 Å². The number of nitrogens with zero attached hydrogens (tertiary/aromatic N) is 1. The molecule has 7 heteroatoms. The molecule has 0 spiro atoms. The molecular formula is C19H13Cl2N3O2. The summed E-state index contributed by atoms with van der Waals surface area (Å²) in [6.45, 7) is 0. The van der Waals surface area contributed by atoms with Crippen molar-refractivity contribution in [1.29, 1.82) is 0 Å². The van der Waals surface area contributed by atoms with Crippen LogP contribution >= 0.6 is 23.2 Å². The van der Waals surface area contributed by atoms with Gasteiger partial charge in [0.05, 0.1) is 0 Å². The van der Waals surface area contributed by atoms with Crippen LogP contribution in [-0.2, 0) is 0 Å². The lowest BCUT2D eigenvalue weighted by atomic mass is 10.2. The van der Waals surface area contributed by atoms with Crippen LogP contribution in [0.3, 0.4) is 0 Å². The van der Waals surface area contributed by atoms with Crippen LogP contribution in [-0.4, -0.2) is 16.8 Å². The van der Waals surface area contributed by atoms with Gasteiger partial charge in [0.15, 0.2) is 0 Å². The van der Waals surface area contributed by atoms with Gasteiger partial charge in [0.1, 0.15) is 5.69 Å². The Kier molecular flexibility index (Phi) is 5.51. The highest BCUT2D eigenvalue weighted by atomic mass is 35.5. The average molecular weight is 386 g/mol. The van der Waals surface area contributed by atoms with Crippen molar-refractivity contribution in [2.75, 3.05) is 10.6 Å². The van der Waals surface area contributed by atoms with Crippen molar-refractivity contribution in [3.63, 3.8) is 0 Å². The van der Waals surface area contributed by atoms with Gasteiger partial charge in [-0.25, -0.2) is 0 Å². The Balaban J connectivity index is 1.73. The standard InChI is InChI=1S/C19H13Cl2N3O2/c20-13-4-6-15(7-5-13)23-19(26)17-10-12(8-9-22-17)18(25)24-16-3-1-2-14(21)11-16/h1-11H,(H,23,26)(H,24,25). The monoisotopic (exact) mass is 385 g/mol. The molecule has 2 amide bonds. The van der Waals surface area contributed by atoms with Crippen LogP contribution in [0.15, 0.2) is 66.9 Å². The SMILES string of the molecule is O=C(Nc1cccc(Cl)c1)c1ccnc(C(=O)Nc2ccc(Cl)cc2)c1.